The summed E-state index contributed by atoms with van der Waals surface area (Å²) in [6.45, 7) is 0.747. The van der Waals surface area contributed by atoms with Gasteiger partial charge in [-0.15, -0.1) is 0 Å². The summed E-state index contributed by atoms with van der Waals surface area (Å²) in [4.78, 5) is 16.4. The van der Waals surface area contributed by atoms with Crippen molar-refractivity contribution in [3.8, 4) is 0 Å². The maximum absolute atomic E-state index is 12.0. The lowest BCUT2D eigenvalue weighted by Crippen LogP contribution is -2.04. The van der Waals surface area contributed by atoms with Crippen molar-refractivity contribution in [3.05, 3.63) is 42.1 Å². The third kappa shape index (κ3) is 4.14. The van der Waals surface area contributed by atoms with Gasteiger partial charge in [-0.3, -0.25) is 9.78 Å². The standard InChI is InChI=1S/C17H22N2O/c18-11-6-2-1-3-7-15(20)13-14-10-12-19-17-9-5-4-8-16(14)17/h4-5,8-10,12H,1-3,6-7,11,13,18H2. The van der Waals surface area contributed by atoms with Crippen LogP contribution in [0.1, 0.15) is 37.7 Å². The lowest BCUT2D eigenvalue weighted by molar-refractivity contribution is -0.118. The molecule has 0 fully saturated rings. The van der Waals surface area contributed by atoms with E-state index in [1.54, 1.807) is 6.20 Å². The van der Waals surface area contributed by atoms with Gasteiger partial charge in [0.2, 0.25) is 0 Å². The van der Waals surface area contributed by atoms with Crippen LogP contribution in [0.5, 0.6) is 0 Å². The van der Waals surface area contributed by atoms with Crippen molar-refractivity contribution in [2.75, 3.05) is 6.54 Å². The van der Waals surface area contributed by atoms with Gasteiger partial charge in [0, 0.05) is 24.4 Å². The maximum atomic E-state index is 12.0. The molecule has 0 amide bonds. The first kappa shape index (κ1) is 14.7. The van der Waals surface area contributed by atoms with E-state index in [0.29, 0.717) is 18.6 Å². The number of Topliss-reactive ketones (excluding diaryl/α,β-unsaturated/α-hetero) is 1. The Labute approximate surface area is 120 Å². The van der Waals surface area contributed by atoms with Crippen LogP contribution in [0.25, 0.3) is 10.9 Å². The molecular formula is C17H22N2O. The highest BCUT2D eigenvalue weighted by molar-refractivity contribution is 5.88. The number of pyridine rings is 1. The molecule has 0 aliphatic heterocycles. The number of fused-ring (bicyclic) bond motifs is 1. The summed E-state index contributed by atoms with van der Waals surface area (Å²) in [6.07, 6.45) is 7.22. The van der Waals surface area contributed by atoms with Gasteiger partial charge in [-0.25, -0.2) is 0 Å². The molecule has 0 aliphatic carbocycles. The van der Waals surface area contributed by atoms with Crippen LogP contribution in [0.4, 0.5) is 0 Å². The van der Waals surface area contributed by atoms with Crippen molar-refractivity contribution in [1.82, 2.24) is 4.98 Å². The first-order valence-electron chi connectivity index (χ1n) is 7.35. The molecule has 2 aromatic rings. The monoisotopic (exact) mass is 270 g/mol. The molecule has 1 aromatic heterocycles. The van der Waals surface area contributed by atoms with E-state index in [0.717, 1.165) is 48.7 Å². The van der Waals surface area contributed by atoms with Gasteiger partial charge in [-0.2, -0.15) is 0 Å². The number of rotatable bonds is 8. The Morgan fingerprint density at radius 1 is 1.05 bits per heavy atom. The van der Waals surface area contributed by atoms with Gasteiger partial charge in [0.15, 0.2) is 0 Å². The highest BCUT2D eigenvalue weighted by Gasteiger charge is 2.07. The Morgan fingerprint density at radius 3 is 2.70 bits per heavy atom. The fraction of sp³-hybridized carbons (Fsp3) is 0.412. The summed E-state index contributed by atoms with van der Waals surface area (Å²) >= 11 is 0. The minimum atomic E-state index is 0.314. The molecule has 3 nitrogen and oxygen atoms in total. The van der Waals surface area contributed by atoms with E-state index in [2.05, 4.69) is 4.98 Å². The molecule has 0 aliphatic rings. The third-order valence-electron chi connectivity index (χ3n) is 3.54. The predicted octanol–water partition coefficient (Wildman–Crippen LogP) is 3.26. The number of unbranched alkanes of at least 4 members (excludes halogenated alkanes) is 3. The molecule has 0 radical (unpaired) electrons. The van der Waals surface area contributed by atoms with Gasteiger partial charge >= 0.3 is 0 Å². The molecule has 2 rings (SSSR count). The Balaban J connectivity index is 1.90. The zero-order chi connectivity index (χ0) is 14.2. The number of aromatic nitrogens is 1. The van der Waals surface area contributed by atoms with E-state index >= 15 is 0 Å². The van der Waals surface area contributed by atoms with Crippen molar-refractivity contribution < 1.29 is 4.79 Å². The second kappa shape index (κ2) is 7.75. The Kier molecular flexibility index (Phi) is 5.69. The fourth-order valence-electron chi connectivity index (χ4n) is 2.43. The first-order valence-corrected chi connectivity index (χ1v) is 7.35. The van der Waals surface area contributed by atoms with Crippen LogP contribution in [0.2, 0.25) is 0 Å². The Hall–Kier alpha value is -1.74. The van der Waals surface area contributed by atoms with Crippen molar-refractivity contribution in [1.29, 1.82) is 0 Å². The highest BCUT2D eigenvalue weighted by atomic mass is 16.1. The van der Waals surface area contributed by atoms with Crippen LogP contribution < -0.4 is 5.73 Å². The van der Waals surface area contributed by atoms with Crippen molar-refractivity contribution in [2.45, 2.75) is 38.5 Å². The zero-order valence-corrected chi connectivity index (χ0v) is 11.8. The summed E-state index contributed by atoms with van der Waals surface area (Å²) in [5.74, 6) is 0.314. The minimum Gasteiger partial charge on any atom is -0.330 e. The molecular weight excluding hydrogens is 248 g/mol. The molecule has 1 heterocycles. The number of carbonyl (C=O) groups is 1. The van der Waals surface area contributed by atoms with E-state index < -0.39 is 0 Å². The molecule has 0 bridgehead atoms. The van der Waals surface area contributed by atoms with Gasteiger partial charge < -0.3 is 5.73 Å². The number of benzene rings is 1. The van der Waals surface area contributed by atoms with E-state index in [1.165, 1.54) is 0 Å². The van der Waals surface area contributed by atoms with Crippen LogP contribution in [0, 0.1) is 0 Å². The number of para-hydroxylation sites is 1. The molecule has 1 aromatic carbocycles. The molecule has 0 saturated heterocycles. The van der Waals surface area contributed by atoms with E-state index in [1.807, 2.05) is 30.3 Å². The zero-order valence-electron chi connectivity index (χ0n) is 11.8. The average Bonchev–Trinajstić information content (AvgIpc) is 2.47. The summed E-state index contributed by atoms with van der Waals surface area (Å²) in [5, 5.41) is 1.09. The Morgan fingerprint density at radius 2 is 1.85 bits per heavy atom. The number of hydrogen-bond acceptors (Lipinski definition) is 3. The van der Waals surface area contributed by atoms with E-state index in [-0.39, 0.29) is 0 Å². The Bertz CT molecular complexity index is 560. The molecule has 20 heavy (non-hydrogen) atoms. The van der Waals surface area contributed by atoms with Gasteiger partial charge in [0.1, 0.15) is 5.78 Å². The van der Waals surface area contributed by atoms with E-state index in [4.69, 9.17) is 5.73 Å². The number of hydrogen-bond donors (Lipinski definition) is 1. The first-order chi connectivity index (χ1) is 9.81. The van der Waals surface area contributed by atoms with E-state index in [9.17, 15) is 4.79 Å². The van der Waals surface area contributed by atoms with Crippen molar-refractivity contribution >= 4 is 16.7 Å². The molecule has 0 saturated carbocycles. The predicted molar refractivity (Wildman–Crippen MR) is 82.6 cm³/mol. The molecule has 2 N–H and O–H groups in total. The fourth-order valence-corrected chi connectivity index (χ4v) is 2.43. The normalized spacial score (nSPS) is 10.8. The summed E-state index contributed by atoms with van der Waals surface area (Å²) < 4.78 is 0. The highest BCUT2D eigenvalue weighted by Crippen LogP contribution is 2.17. The van der Waals surface area contributed by atoms with Crippen LogP contribution in [0.3, 0.4) is 0 Å². The average molecular weight is 270 g/mol. The van der Waals surface area contributed by atoms with Crippen LogP contribution in [0.15, 0.2) is 36.5 Å². The second-order valence-corrected chi connectivity index (χ2v) is 5.16. The third-order valence-corrected chi connectivity index (χ3v) is 3.54. The molecule has 106 valence electrons. The maximum Gasteiger partial charge on any atom is 0.137 e. The van der Waals surface area contributed by atoms with Gasteiger partial charge in [0.05, 0.1) is 5.52 Å². The van der Waals surface area contributed by atoms with Crippen LogP contribution in [-0.4, -0.2) is 17.3 Å². The minimum absolute atomic E-state index is 0.314. The molecule has 3 heteroatoms. The lowest BCUT2D eigenvalue weighted by Gasteiger charge is -2.05. The summed E-state index contributed by atoms with van der Waals surface area (Å²) in [6, 6.07) is 9.93. The van der Waals surface area contributed by atoms with Gasteiger partial charge in [-0.1, -0.05) is 31.0 Å². The quantitative estimate of drug-likeness (QED) is 0.749. The number of ketones is 1. The molecule has 0 unspecified atom stereocenters. The van der Waals surface area contributed by atoms with Gasteiger partial charge in [0.25, 0.3) is 0 Å². The van der Waals surface area contributed by atoms with Crippen molar-refractivity contribution in [2.24, 2.45) is 5.73 Å². The number of nitrogens with zero attached hydrogens (tertiary/aromatic N) is 1. The van der Waals surface area contributed by atoms with Crippen LogP contribution in [-0.2, 0) is 11.2 Å². The lowest BCUT2D eigenvalue weighted by atomic mass is 10.0. The van der Waals surface area contributed by atoms with Crippen molar-refractivity contribution in [3.63, 3.8) is 0 Å². The summed E-state index contributed by atoms with van der Waals surface area (Å²) in [7, 11) is 0. The van der Waals surface area contributed by atoms with Gasteiger partial charge in [-0.05, 0) is 37.1 Å². The largest absolute Gasteiger partial charge is 0.330 e. The molecule has 0 spiro atoms. The smallest absolute Gasteiger partial charge is 0.137 e. The number of carbonyl (C=O) groups excluding carboxylic acids is 1. The molecule has 0 atom stereocenters. The number of nitrogens with two attached hydrogens (primary N) is 1. The topological polar surface area (TPSA) is 56.0 Å². The SMILES string of the molecule is NCCCCCCC(=O)Cc1ccnc2ccccc12. The van der Waals surface area contributed by atoms with Crippen LogP contribution >= 0.6 is 0 Å². The summed E-state index contributed by atoms with van der Waals surface area (Å²) in [5.41, 5.74) is 7.50. The second-order valence-electron chi connectivity index (χ2n) is 5.16.